The number of halogens is 2. The van der Waals surface area contributed by atoms with Gasteiger partial charge in [0.25, 0.3) is 0 Å². The molecule has 2 aromatic heterocycles. The van der Waals surface area contributed by atoms with Gasteiger partial charge in [-0.15, -0.1) is 22.7 Å². The van der Waals surface area contributed by atoms with Crippen molar-refractivity contribution in [3.63, 3.8) is 0 Å². The molecule has 5 rings (SSSR count). The molecular formula is C48H60F2N2S2. The molecule has 0 unspecified atom stereocenters. The lowest BCUT2D eigenvalue weighted by atomic mass is 9.90. The first-order chi connectivity index (χ1) is 26.3. The minimum atomic E-state index is -0.208. The van der Waals surface area contributed by atoms with E-state index in [0.29, 0.717) is 34.1 Å². The van der Waals surface area contributed by atoms with Crippen molar-refractivity contribution in [1.82, 2.24) is 0 Å². The van der Waals surface area contributed by atoms with Gasteiger partial charge in [0, 0.05) is 41.8 Å². The van der Waals surface area contributed by atoms with Gasteiger partial charge in [0.2, 0.25) is 0 Å². The van der Waals surface area contributed by atoms with Gasteiger partial charge in [-0.3, -0.25) is 10.8 Å². The minimum Gasteiger partial charge on any atom is -0.298 e. The topological polar surface area (TPSA) is 47.7 Å². The van der Waals surface area contributed by atoms with Crippen molar-refractivity contribution >= 4 is 45.2 Å². The molecule has 2 nitrogen and oxygen atoms in total. The predicted octanol–water partition coefficient (Wildman–Crippen LogP) is 15.8. The van der Waals surface area contributed by atoms with Crippen LogP contribution in [0, 0.1) is 34.3 Å². The Balaban J connectivity index is 1.25. The summed E-state index contributed by atoms with van der Waals surface area (Å²) >= 11 is 2.91. The summed E-state index contributed by atoms with van der Waals surface area (Å²) in [7, 11) is 0. The van der Waals surface area contributed by atoms with Gasteiger partial charge >= 0.3 is 0 Å². The lowest BCUT2D eigenvalue weighted by molar-refractivity contribution is 0.393. The fraction of sp³-hybridized carbons (Fsp3) is 0.458. The van der Waals surface area contributed by atoms with E-state index in [1.54, 1.807) is 12.1 Å². The van der Waals surface area contributed by atoms with E-state index in [1.165, 1.54) is 99.7 Å². The van der Waals surface area contributed by atoms with Crippen molar-refractivity contribution in [1.29, 1.82) is 10.8 Å². The standard InChI is InChI=1S/C48H60F2N2S2/c1-5-9-13-33(14-10-6-2)17-19-35-21-23-37(41(49)31-35)43-27-29-45(53-43)39-25-26-40(48(52)47(39)51)46-30-28-44(54-46)38-24-22-36(32-42(38)50)20-18-34(15-11-7-3)16-12-8-4/h21-34,51-52H,5-20H2,1-4H3. The molecule has 0 spiro atoms. The minimum absolute atomic E-state index is 0.138. The summed E-state index contributed by atoms with van der Waals surface area (Å²) in [6.07, 6.45) is 22.8. The molecule has 288 valence electrons. The molecule has 54 heavy (non-hydrogen) atoms. The van der Waals surface area contributed by atoms with Crippen molar-refractivity contribution in [3.05, 3.63) is 105 Å². The van der Waals surface area contributed by atoms with Crippen LogP contribution in [-0.2, 0) is 12.8 Å². The van der Waals surface area contributed by atoms with Crippen molar-refractivity contribution < 1.29 is 8.78 Å². The highest BCUT2D eigenvalue weighted by atomic mass is 32.1. The summed E-state index contributed by atoms with van der Waals surface area (Å²) in [5.74, 6) is 1.00. The molecule has 6 heteroatoms. The Hall–Kier alpha value is -3.48. The summed E-state index contributed by atoms with van der Waals surface area (Å²) < 4.78 is 31.0. The fourth-order valence-corrected chi connectivity index (χ4v) is 9.80. The number of thiophene rings is 2. The van der Waals surface area contributed by atoms with E-state index in [4.69, 9.17) is 10.8 Å². The largest absolute Gasteiger partial charge is 0.298 e. The van der Waals surface area contributed by atoms with Crippen LogP contribution in [0.1, 0.15) is 138 Å². The second-order valence-electron chi connectivity index (χ2n) is 15.2. The van der Waals surface area contributed by atoms with Gasteiger partial charge in [0.05, 0.1) is 11.4 Å². The second kappa shape index (κ2) is 21.0. The van der Waals surface area contributed by atoms with Crippen molar-refractivity contribution in [2.24, 2.45) is 11.8 Å². The van der Waals surface area contributed by atoms with Crippen LogP contribution in [0.3, 0.4) is 0 Å². The molecule has 0 radical (unpaired) electrons. The lowest BCUT2D eigenvalue weighted by Gasteiger charge is -2.16. The molecule has 1 aliphatic carbocycles. The van der Waals surface area contributed by atoms with E-state index in [-0.39, 0.29) is 23.1 Å². The van der Waals surface area contributed by atoms with E-state index >= 15 is 8.78 Å². The summed E-state index contributed by atoms with van der Waals surface area (Å²) in [5, 5.41) is 17.9. The number of allylic oxidation sites excluding steroid dienone is 4. The SMILES string of the molecule is CCCCC(CCCC)CCc1ccc(-c2ccc(C3=CC=C(c4ccc(-c5ccc(CCC(CCCC)CCCC)cc5F)s4)C(=N)C3=N)s2)c(F)c1. The molecule has 1 aliphatic rings. The molecule has 0 bridgehead atoms. The Kier molecular flexibility index (Phi) is 16.2. The number of unbranched alkanes of at least 4 members (excludes halogenated alkanes) is 4. The second-order valence-corrected chi connectivity index (χ2v) is 17.4. The third kappa shape index (κ3) is 11.1. The van der Waals surface area contributed by atoms with Crippen LogP contribution in [0.25, 0.3) is 32.0 Å². The van der Waals surface area contributed by atoms with Gasteiger partial charge in [0.1, 0.15) is 11.6 Å². The van der Waals surface area contributed by atoms with Crippen LogP contribution in [0.15, 0.2) is 72.8 Å². The Labute approximate surface area is 331 Å². The van der Waals surface area contributed by atoms with E-state index in [2.05, 4.69) is 39.8 Å². The van der Waals surface area contributed by atoms with Crippen LogP contribution in [0.2, 0.25) is 0 Å². The van der Waals surface area contributed by atoms with Crippen molar-refractivity contribution in [2.75, 3.05) is 0 Å². The normalized spacial score (nSPS) is 13.3. The maximum Gasteiger partial charge on any atom is 0.132 e. The molecular weight excluding hydrogens is 707 g/mol. The molecule has 2 aromatic carbocycles. The zero-order valence-corrected chi connectivity index (χ0v) is 34.6. The van der Waals surface area contributed by atoms with Gasteiger partial charge < -0.3 is 0 Å². The van der Waals surface area contributed by atoms with Gasteiger partial charge in [-0.1, -0.05) is 141 Å². The third-order valence-electron chi connectivity index (χ3n) is 11.1. The Morgan fingerprint density at radius 3 is 1.17 bits per heavy atom. The fourth-order valence-electron chi connectivity index (χ4n) is 7.67. The molecule has 0 amide bonds. The van der Waals surface area contributed by atoms with Gasteiger partial charge in [-0.05, 0) is 85.0 Å². The van der Waals surface area contributed by atoms with Crippen molar-refractivity contribution in [2.45, 2.75) is 130 Å². The first kappa shape index (κ1) is 41.7. The van der Waals surface area contributed by atoms with E-state index in [1.807, 2.05) is 48.6 Å². The quantitative estimate of drug-likeness (QED) is 0.0749. The summed E-state index contributed by atoms with van der Waals surface area (Å²) in [6, 6.07) is 19.0. The zero-order valence-electron chi connectivity index (χ0n) is 33.0. The van der Waals surface area contributed by atoms with Crippen LogP contribution in [-0.4, -0.2) is 11.4 Å². The Morgan fingerprint density at radius 2 is 0.833 bits per heavy atom. The first-order valence-electron chi connectivity index (χ1n) is 20.6. The first-order valence-corrected chi connectivity index (χ1v) is 22.3. The van der Waals surface area contributed by atoms with Crippen LogP contribution in [0.5, 0.6) is 0 Å². The molecule has 0 fully saturated rings. The number of hydrogen-bond donors (Lipinski definition) is 2. The Bertz CT molecular complexity index is 1760. The number of nitrogens with one attached hydrogen (secondary N) is 2. The van der Waals surface area contributed by atoms with Crippen LogP contribution in [0.4, 0.5) is 8.78 Å². The van der Waals surface area contributed by atoms with Crippen molar-refractivity contribution in [3.8, 4) is 20.9 Å². The van der Waals surface area contributed by atoms with E-state index in [9.17, 15) is 0 Å². The highest BCUT2D eigenvalue weighted by Gasteiger charge is 2.24. The summed E-state index contributed by atoms with van der Waals surface area (Å²) in [6.45, 7) is 8.98. The molecule has 4 aromatic rings. The average molecular weight is 767 g/mol. The smallest absolute Gasteiger partial charge is 0.132 e. The molecule has 0 saturated heterocycles. The molecule has 2 heterocycles. The number of hydrogen-bond acceptors (Lipinski definition) is 4. The van der Waals surface area contributed by atoms with Crippen LogP contribution < -0.4 is 0 Å². The molecule has 0 saturated carbocycles. The molecule has 0 aliphatic heterocycles. The predicted molar refractivity (Wildman–Crippen MR) is 233 cm³/mol. The molecule has 0 atom stereocenters. The number of aryl methyl sites for hydroxylation is 2. The van der Waals surface area contributed by atoms with Gasteiger partial charge in [0.15, 0.2) is 0 Å². The van der Waals surface area contributed by atoms with Crippen LogP contribution >= 0.6 is 22.7 Å². The highest BCUT2D eigenvalue weighted by Crippen LogP contribution is 2.39. The average Bonchev–Trinajstić information content (AvgIpc) is 3.86. The van der Waals surface area contributed by atoms with E-state index < -0.39 is 0 Å². The number of benzene rings is 2. The maximum absolute atomic E-state index is 15.5. The monoisotopic (exact) mass is 766 g/mol. The third-order valence-corrected chi connectivity index (χ3v) is 13.4. The highest BCUT2D eigenvalue weighted by molar-refractivity contribution is 7.18. The lowest BCUT2D eigenvalue weighted by Crippen LogP contribution is -2.17. The van der Waals surface area contributed by atoms with Gasteiger partial charge in [-0.25, -0.2) is 8.78 Å². The Morgan fingerprint density at radius 1 is 0.481 bits per heavy atom. The van der Waals surface area contributed by atoms with Gasteiger partial charge in [-0.2, -0.15) is 0 Å². The molecule has 2 N–H and O–H groups in total. The van der Waals surface area contributed by atoms with E-state index in [0.717, 1.165) is 56.3 Å². The summed E-state index contributed by atoms with van der Waals surface area (Å²) in [5.41, 5.74) is 4.85. The maximum atomic E-state index is 15.5. The summed E-state index contributed by atoms with van der Waals surface area (Å²) in [4.78, 5) is 3.31. The number of rotatable bonds is 22. The zero-order chi connectivity index (χ0) is 38.5.